The molecule has 0 bridgehead atoms. The van der Waals surface area contributed by atoms with Crippen molar-refractivity contribution in [2.75, 3.05) is 6.54 Å². The second-order valence-corrected chi connectivity index (χ2v) is 6.26. The summed E-state index contributed by atoms with van der Waals surface area (Å²) in [5, 5.41) is 6.02. The van der Waals surface area contributed by atoms with Gasteiger partial charge >= 0.3 is 0 Å². The molecule has 0 aliphatic carbocycles. The molecule has 0 saturated carbocycles. The zero-order chi connectivity index (χ0) is 15.3. The fourth-order valence-electron chi connectivity index (χ4n) is 3.75. The molecule has 23 heavy (non-hydrogen) atoms. The third-order valence-corrected chi connectivity index (χ3v) is 5.06. The van der Waals surface area contributed by atoms with Gasteiger partial charge in [0.05, 0.1) is 5.54 Å². The summed E-state index contributed by atoms with van der Waals surface area (Å²) in [6.07, 6.45) is 1.11. The van der Waals surface area contributed by atoms with Crippen LogP contribution in [0.2, 0.25) is 0 Å². The quantitative estimate of drug-likeness (QED) is 0.574. The van der Waals surface area contributed by atoms with Crippen LogP contribution in [0, 0.1) is 0 Å². The molecule has 5 rings (SSSR count). The molecule has 112 valence electrons. The molecule has 2 nitrogen and oxygen atoms in total. The fourth-order valence-corrected chi connectivity index (χ4v) is 3.75. The summed E-state index contributed by atoms with van der Waals surface area (Å²) in [6.45, 7) is 1.05. The Bertz CT molecular complexity index is 996. The number of fused-ring (bicyclic) bond motifs is 3. The first-order valence-electron chi connectivity index (χ1n) is 8.09. The molecule has 1 unspecified atom stereocenters. The molecule has 2 heterocycles. The van der Waals surface area contributed by atoms with Crippen LogP contribution in [-0.2, 0) is 5.54 Å². The molecular formula is C21H17NO. The van der Waals surface area contributed by atoms with Gasteiger partial charge in [-0.3, -0.25) is 0 Å². The van der Waals surface area contributed by atoms with Gasteiger partial charge in [-0.1, -0.05) is 60.7 Å². The summed E-state index contributed by atoms with van der Waals surface area (Å²) >= 11 is 0. The highest BCUT2D eigenvalue weighted by Gasteiger charge is 2.40. The highest BCUT2D eigenvalue weighted by atomic mass is 16.3. The van der Waals surface area contributed by atoms with Crippen LogP contribution in [-0.4, -0.2) is 6.54 Å². The monoisotopic (exact) mass is 299 g/mol. The normalized spacial score (nSPS) is 20.7. The van der Waals surface area contributed by atoms with Gasteiger partial charge in [0, 0.05) is 10.8 Å². The van der Waals surface area contributed by atoms with E-state index in [0.717, 1.165) is 24.1 Å². The average Bonchev–Trinajstić information content (AvgIpc) is 2.93. The molecule has 2 heteroatoms. The van der Waals surface area contributed by atoms with E-state index in [1.54, 1.807) is 0 Å². The van der Waals surface area contributed by atoms with Gasteiger partial charge in [0.15, 0.2) is 0 Å². The maximum atomic E-state index is 6.06. The van der Waals surface area contributed by atoms with Crippen molar-refractivity contribution >= 4 is 21.9 Å². The van der Waals surface area contributed by atoms with Crippen molar-refractivity contribution in [1.29, 1.82) is 0 Å². The maximum Gasteiger partial charge on any atom is 0.135 e. The fraction of sp³-hybridized carbons (Fsp3) is 0.143. The molecule has 1 aliphatic rings. The van der Waals surface area contributed by atoms with E-state index >= 15 is 0 Å². The van der Waals surface area contributed by atoms with E-state index in [2.05, 4.69) is 66.0 Å². The van der Waals surface area contributed by atoms with Crippen molar-refractivity contribution in [3.8, 4) is 0 Å². The van der Waals surface area contributed by atoms with Crippen LogP contribution in [0.1, 0.15) is 17.5 Å². The van der Waals surface area contributed by atoms with E-state index in [1.165, 1.54) is 21.9 Å². The Hall–Kier alpha value is -2.58. The molecular weight excluding hydrogens is 282 g/mol. The Morgan fingerprint density at radius 1 is 0.739 bits per heavy atom. The van der Waals surface area contributed by atoms with E-state index in [4.69, 9.17) is 4.42 Å². The Labute approximate surface area is 134 Å². The molecule has 3 aromatic carbocycles. The lowest BCUT2D eigenvalue weighted by Crippen LogP contribution is -2.54. The standard InChI is InChI=1S/C21H17NO/c1-2-6-15(7-3-1)21(12-13-22-21)16-10-11-18-17-8-4-5-9-19(17)23-20(18)14-16/h1-11,14,22H,12-13H2. The van der Waals surface area contributed by atoms with Crippen molar-refractivity contribution in [3.63, 3.8) is 0 Å². The maximum absolute atomic E-state index is 6.06. The third kappa shape index (κ3) is 1.79. The minimum Gasteiger partial charge on any atom is -0.456 e. The highest BCUT2D eigenvalue weighted by Crippen LogP contribution is 2.40. The second kappa shape index (κ2) is 4.71. The lowest BCUT2D eigenvalue weighted by Gasteiger charge is -2.44. The zero-order valence-electron chi connectivity index (χ0n) is 12.8. The van der Waals surface area contributed by atoms with Crippen LogP contribution < -0.4 is 5.32 Å². The number of benzene rings is 3. The van der Waals surface area contributed by atoms with Crippen molar-refractivity contribution in [1.82, 2.24) is 5.32 Å². The average molecular weight is 299 g/mol. The molecule has 1 fully saturated rings. The number of rotatable bonds is 2. The number of hydrogen-bond acceptors (Lipinski definition) is 2. The minimum atomic E-state index is -0.0750. The predicted molar refractivity (Wildman–Crippen MR) is 93.6 cm³/mol. The minimum absolute atomic E-state index is 0.0750. The topological polar surface area (TPSA) is 25.2 Å². The molecule has 0 amide bonds. The van der Waals surface area contributed by atoms with Gasteiger partial charge in [0.1, 0.15) is 11.2 Å². The third-order valence-electron chi connectivity index (χ3n) is 5.06. The second-order valence-electron chi connectivity index (χ2n) is 6.26. The van der Waals surface area contributed by atoms with Crippen molar-refractivity contribution < 1.29 is 4.42 Å². The van der Waals surface area contributed by atoms with Gasteiger partial charge in [0.25, 0.3) is 0 Å². The van der Waals surface area contributed by atoms with Gasteiger partial charge in [-0.2, -0.15) is 0 Å². The van der Waals surface area contributed by atoms with Crippen LogP contribution in [0.5, 0.6) is 0 Å². The SMILES string of the molecule is c1ccc(C2(c3ccc4c(c3)oc3ccccc34)CCN2)cc1. The molecule has 1 aliphatic heterocycles. The van der Waals surface area contributed by atoms with E-state index in [-0.39, 0.29) is 5.54 Å². The number of hydrogen-bond donors (Lipinski definition) is 1. The van der Waals surface area contributed by atoms with Gasteiger partial charge in [-0.05, 0) is 36.2 Å². The molecule has 0 spiro atoms. The van der Waals surface area contributed by atoms with E-state index in [0.29, 0.717) is 0 Å². The van der Waals surface area contributed by atoms with Gasteiger partial charge < -0.3 is 9.73 Å². The van der Waals surface area contributed by atoms with Crippen LogP contribution in [0.3, 0.4) is 0 Å². The van der Waals surface area contributed by atoms with Crippen LogP contribution in [0.25, 0.3) is 21.9 Å². The molecule has 0 radical (unpaired) electrons. The van der Waals surface area contributed by atoms with Crippen molar-refractivity contribution in [2.45, 2.75) is 12.0 Å². The van der Waals surface area contributed by atoms with E-state index in [9.17, 15) is 0 Å². The lowest BCUT2D eigenvalue weighted by molar-refractivity contribution is 0.266. The first kappa shape index (κ1) is 12.9. The molecule has 4 aromatic rings. The Morgan fingerprint density at radius 2 is 1.48 bits per heavy atom. The predicted octanol–water partition coefficient (Wildman–Crippen LogP) is 4.82. The summed E-state index contributed by atoms with van der Waals surface area (Å²) in [7, 11) is 0. The van der Waals surface area contributed by atoms with Crippen molar-refractivity contribution in [3.05, 3.63) is 83.9 Å². The first-order chi connectivity index (χ1) is 11.4. The Morgan fingerprint density at radius 3 is 2.26 bits per heavy atom. The molecule has 1 saturated heterocycles. The summed E-state index contributed by atoms with van der Waals surface area (Å²) < 4.78 is 6.06. The summed E-state index contributed by atoms with van der Waals surface area (Å²) in [4.78, 5) is 0. The lowest BCUT2D eigenvalue weighted by atomic mass is 9.75. The highest BCUT2D eigenvalue weighted by molar-refractivity contribution is 6.05. The van der Waals surface area contributed by atoms with E-state index in [1.807, 2.05) is 12.1 Å². The van der Waals surface area contributed by atoms with Gasteiger partial charge in [-0.15, -0.1) is 0 Å². The summed E-state index contributed by atoms with van der Waals surface area (Å²) in [5.74, 6) is 0. The molecule has 1 N–H and O–H groups in total. The summed E-state index contributed by atoms with van der Waals surface area (Å²) in [5.41, 5.74) is 4.44. The Balaban J connectivity index is 1.72. The van der Waals surface area contributed by atoms with E-state index < -0.39 is 0 Å². The number of nitrogens with one attached hydrogen (secondary N) is 1. The number of para-hydroxylation sites is 1. The molecule has 1 aromatic heterocycles. The van der Waals surface area contributed by atoms with Crippen LogP contribution >= 0.6 is 0 Å². The Kier molecular flexibility index (Phi) is 2.64. The smallest absolute Gasteiger partial charge is 0.135 e. The van der Waals surface area contributed by atoms with Gasteiger partial charge in [-0.25, -0.2) is 0 Å². The first-order valence-corrected chi connectivity index (χ1v) is 8.09. The largest absolute Gasteiger partial charge is 0.456 e. The number of furan rings is 1. The van der Waals surface area contributed by atoms with Crippen LogP contribution in [0.4, 0.5) is 0 Å². The molecule has 1 atom stereocenters. The zero-order valence-corrected chi connectivity index (χ0v) is 12.8. The summed E-state index contributed by atoms with van der Waals surface area (Å²) in [6, 6.07) is 25.6. The van der Waals surface area contributed by atoms with Gasteiger partial charge in [0.2, 0.25) is 0 Å². The van der Waals surface area contributed by atoms with Crippen molar-refractivity contribution in [2.24, 2.45) is 0 Å². The van der Waals surface area contributed by atoms with Crippen LogP contribution in [0.15, 0.2) is 77.2 Å².